The summed E-state index contributed by atoms with van der Waals surface area (Å²) in [4.78, 5) is 13.0. The first-order valence-corrected chi connectivity index (χ1v) is 7.92. The lowest BCUT2D eigenvalue weighted by molar-refractivity contribution is -0.136. The third-order valence-electron chi connectivity index (χ3n) is 4.88. The third kappa shape index (κ3) is 2.27. The molecule has 1 unspecified atom stereocenters. The van der Waals surface area contributed by atoms with Crippen molar-refractivity contribution in [2.75, 3.05) is 19.6 Å². The number of carbonyl (C=O) groups excluding carboxylic acids is 1. The van der Waals surface area contributed by atoms with Gasteiger partial charge in [-0.1, -0.05) is 30.3 Å². The van der Waals surface area contributed by atoms with Crippen LogP contribution in [0.4, 0.5) is 0 Å². The average molecular weight is 283 g/mol. The van der Waals surface area contributed by atoms with Crippen LogP contribution in [0, 0.1) is 11.3 Å². The number of fused-ring (bicyclic) bond motifs is 1. The highest BCUT2D eigenvalue weighted by Crippen LogP contribution is 2.38. The summed E-state index contributed by atoms with van der Waals surface area (Å²) >= 11 is 0. The molecule has 2 aliphatic heterocycles. The Morgan fingerprint density at radius 3 is 2.86 bits per heavy atom. The molecule has 1 N–H and O–H groups in total. The van der Waals surface area contributed by atoms with E-state index in [1.165, 1.54) is 18.4 Å². The van der Waals surface area contributed by atoms with E-state index in [0.717, 1.165) is 38.2 Å². The first-order chi connectivity index (χ1) is 10.3. The van der Waals surface area contributed by atoms with E-state index in [9.17, 15) is 4.79 Å². The number of rotatable bonds is 4. The van der Waals surface area contributed by atoms with Gasteiger partial charge in [0.15, 0.2) is 0 Å². The molecule has 2 heterocycles. The monoisotopic (exact) mass is 283 g/mol. The van der Waals surface area contributed by atoms with Crippen molar-refractivity contribution in [2.45, 2.75) is 25.7 Å². The van der Waals surface area contributed by atoms with Crippen molar-refractivity contribution < 1.29 is 4.79 Å². The molecule has 0 aromatic heterocycles. The Morgan fingerprint density at radius 2 is 2.10 bits per heavy atom. The summed E-state index contributed by atoms with van der Waals surface area (Å²) in [5.74, 6) is 0.889. The number of amides is 1. The minimum atomic E-state index is -0.436. The summed E-state index contributed by atoms with van der Waals surface area (Å²) in [5, 5.41) is 9.88. The number of hydrogen-bond donors (Lipinski definition) is 1. The molecule has 3 aliphatic rings. The summed E-state index contributed by atoms with van der Waals surface area (Å²) in [6.07, 6.45) is 4.15. The Bertz CT molecular complexity index is 579. The van der Waals surface area contributed by atoms with E-state index in [0.29, 0.717) is 5.92 Å². The van der Waals surface area contributed by atoms with Crippen LogP contribution in [0.25, 0.3) is 0 Å². The normalized spacial score (nSPS) is 28.5. The van der Waals surface area contributed by atoms with Gasteiger partial charge in [-0.3, -0.25) is 4.79 Å². The SMILES string of the molecule is O=C1N(CC2CC2)N=C2CCNCC12Cc1ccccc1. The summed E-state index contributed by atoms with van der Waals surface area (Å²) in [6, 6.07) is 10.3. The smallest absolute Gasteiger partial charge is 0.256 e. The fourth-order valence-electron chi connectivity index (χ4n) is 3.49. The van der Waals surface area contributed by atoms with Gasteiger partial charge in [-0.2, -0.15) is 5.10 Å². The predicted molar refractivity (Wildman–Crippen MR) is 81.9 cm³/mol. The van der Waals surface area contributed by atoms with Crippen LogP contribution in [-0.2, 0) is 11.2 Å². The van der Waals surface area contributed by atoms with E-state index in [2.05, 4.69) is 17.4 Å². The van der Waals surface area contributed by atoms with Crippen molar-refractivity contribution in [3.05, 3.63) is 35.9 Å². The minimum absolute atomic E-state index is 0.209. The molecule has 4 nitrogen and oxygen atoms in total. The molecule has 4 heteroatoms. The molecule has 1 aliphatic carbocycles. The van der Waals surface area contributed by atoms with Crippen LogP contribution in [0.3, 0.4) is 0 Å². The largest absolute Gasteiger partial charge is 0.315 e. The summed E-state index contributed by atoms with van der Waals surface area (Å²) in [6.45, 7) is 2.47. The minimum Gasteiger partial charge on any atom is -0.315 e. The first-order valence-electron chi connectivity index (χ1n) is 7.92. The Balaban J connectivity index is 1.63. The number of hydrogen-bond acceptors (Lipinski definition) is 3. The van der Waals surface area contributed by atoms with E-state index < -0.39 is 5.41 Å². The lowest BCUT2D eigenvalue weighted by Gasteiger charge is -2.33. The number of nitrogens with zero attached hydrogens (tertiary/aromatic N) is 2. The van der Waals surface area contributed by atoms with E-state index in [4.69, 9.17) is 5.10 Å². The van der Waals surface area contributed by atoms with Gasteiger partial charge in [0.05, 0.1) is 5.71 Å². The highest BCUT2D eigenvalue weighted by molar-refractivity contribution is 6.13. The number of nitrogens with one attached hydrogen (secondary N) is 1. The van der Waals surface area contributed by atoms with Gasteiger partial charge < -0.3 is 5.32 Å². The number of benzene rings is 1. The lowest BCUT2D eigenvalue weighted by Crippen LogP contribution is -2.52. The zero-order valence-corrected chi connectivity index (χ0v) is 12.2. The van der Waals surface area contributed by atoms with Crippen LogP contribution in [0.2, 0.25) is 0 Å². The van der Waals surface area contributed by atoms with Crippen LogP contribution in [0.5, 0.6) is 0 Å². The summed E-state index contributed by atoms with van der Waals surface area (Å²) < 4.78 is 0. The van der Waals surface area contributed by atoms with Crippen molar-refractivity contribution in [3.8, 4) is 0 Å². The second kappa shape index (κ2) is 4.95. The van der Waals surface area contributed by atoms with Gasteiger partial charge in [-0.15, -0.1) is 0 Å². The molecule has 2 fully saturated rings. The topological polar surface area (TPSA) is 44.7 Å². The first kappa shape index (κ1) is 13.0. The second-order valence-electron chi connectivity index (χ2n) is 6.55. The van der Waals surface area contributed by atoms with Crippen LogP contribution in [0.15, 0.2) is 35.4 Å². The van der Waals surface area contributed by atoms with Crippen molar-refractivity contribution >= 4 is 11.6 Å². The van der Waals surface area contributed by atoms with E-state index in [-0.39, 0.29) is 5.91 Å². The van der Waals surface area contributed by atoms with Crippen molar-refractivity contribution in [1.29, 1.82) is 0 Å². The molecule has 1 atom stereocenters. The maximum atomic E-state index is 13.0. The van der Waals surface area contributed by atoms with Gasteiger partial charge in [0.2, 0.25) is 0 Å². The molecule has 21 heavy (non-hydrogen) atoms. The van der Waals surface area contributed by atoms with Gasteiger partial charge in [-0.25, -0.2) is 5.01 Å². The summed E-state index contributed by atoms with van der Waals surface area (Å²) in [7, 11) is 0. The number of piperidine rings is 1. The van der Waals surface area contributed by atoms with Crippen LogP contribution in [-0.4, -0.2) is 36.3 Å². The lowest BCUT2D eigenvalue weighted by atomic mass is 9.74. The van der Waals surface area contributed by atoms with Crippen molar-refractivity contribution in [2.24, 2.45) is 16.4 Å². The number of hydrazone groups is 1. The highest BCUT2D eigenvalue weighted by Gasteiger charge is 2.52. The van der Waals surface area contributed by atoms with Crippen LogP contribution >= 0.6 is 0 Å². The Kier molecular flexibility index (Phi) is 3.07. The average Bonchev–Trinajstić information content (AvgIpc) is 3.28. The fraction of sp³-hybridized carbons (Fsp3) is 0.529. The Labute approximate surface area is 125 Å². The zero-order valence-electron chi connectivity index (χ0n) is 12.2. The predicted octanol–water partition coefficient (Wildman–Crippen LogP) is 1.82. The van der Waals surface area contributed by atoms with Gasteiger partial charge in [0, 0.05) is 26.1 Å². The maximum absolute atomic E-state index is 13.0. The molecule has 1 amide bonds. The zero-order chi connectivity index (χ0) is 14.3. The van der Waals surface area contributed by atoms with E-state index in [1.807, 2.05) is 18.2 Å². The van der Waals surface area contributed by atoms with Gasteiger partial charge in [0.1, 0.15) is 5.41 Å². The molecule has 0 radical (unpaired) electrons. The van der Waals surface area contributed by atoms with Crippen LogP contribution < -0.4 is 5.32 Å². The third-order valence-corrected chi connectivity index (χ3v) is 4.88. The molecule has 1 saturated heterocycles. The quantitative estimate of drug-likeness (QED) is 0.916. The Morgan fingerprint density at radius 1 is 1.29 bits per heavy atom. The molecule has 1 aromatic rings. The van der Waals surface area contributed by atoms with Crippen molar-refractivity contribution in [3.63, 3.8) is 0 Å². The fourth-order valence-corrected chi connectivity index (χ4v) is 3.49. The van der Waals surface area contributed by atoms with Crippen molar-refractivity contribution in [1.82, 2.24) is 10.3 Å². The molecule has 1 aromatic carbocycles. The molecule has 0 bridgehead atoms. The summed E-state index contributed by atoms with van der Waals surface area (Å²) in [5.41, 5.74) is 1.88. The van der Waals surface area contributed by atoms with Crippen LogP contribution in [0.1, 0.15) is 24.8 Å². The van der Waals surface area contributed by atoms with E-state index >= 15 is 0 Å². The molecule has 0 spiro atoms. The molecule has 4 rings (SSSR count). The maximum Gasteiger partial charge on any atom is 0.256 e. The van der Waals surface area contributed by atoms with Gasteiger partial charge >= 0.3 is 0 Å². The van der Waals surface area contributed by atoms with E-state index in [1.54, 1.807) is 5.01 Å². The molecular weight excluding hydrogens is 262 g/mol. The molecular formula is C17H21N3O. The second-order valence-corrected chi connectivity index (χ2v) is 6.55. The molecule has 110 valence electrons. The highest BCUT2D eigenvalue weighted by atomic mass is 16.2. The van der Waals surface area contributed by atoms with Gasteiger partial charge in [-0.05, 0) is 30.7 Å². The van der Waals surface area contributed by atoms with Gasteiger partial charge in [0.25, 0.3) is 5.91 Å². The standard InChI is InChI=1S/C17H21N3O/c21-16-17(10-13-4-2-1-3-5-13)12-18-9-8-15(17)19-20(16)11-14-6-7-14/h1-5,14,18H,6-12H2. The number of carbonyl (C=O) groups is 1. The Hall–Kier alpha value is -1.68. The molecule has 1 saturated carbocycles.